The van der Waals surface area contributed by atoms with E-state index in [-0.39, 0.29) is 24.3 Å². The van der Waals surface area contributed by atoms with Gasteiger partial charge in [0, 0.05) is 71.5 Å². The molecule has 0 aliphatic carbocycles. The number of nitrogens with one attached hydrogen (secondary N) is 2. The Kier molecular flexibility index (Phi) is 8.79. The number of ether oxygens (including phenoxy) is 1. The minimum Gasteiger partial charge on any atom is -0.484 e. The van der Waals surface area contributed by atoms with E-state index >= 15 is 0 Å². The molecule has 0 bridgehead atoms. The molecule has 0 atom stereocenters. The highest BCUT2D eigenvalue weighted by Crippen LogP contribution is 2.25. The molecule has 0 spiro atoms. The number of rotatable bonds is 12. The summed E-state index contributed by atoms with van der Waals surface area (Å²) >= 11 is 0. The first-order chi connectivity index (χ1) is 19.9. The Morgan fingerprint density at radius 3 is 2.73 bits per heavy atom. The number of fused-ring (bicyclic) bond motifs is 1. The third-order valence-corrected chi connectivity index (χ3v) is 6.95. The summed E-state index contributed by atoms with van der Waals surface area (Å²) in [4.78, 5) is 26.9. The molecule has 1 aromatic carbocycles. The van der Waals surface area contributed by atoms with Crippen molar-refractivity contribution in [2.75, 3.05) is 89.0 Å². The van der Waals surface area contributed by atoms with E-state index in [0.717, 1.165) is 19.6 Å². The van der Waals surface area contributed by atoms with E-state index < -0.39 is 0 Å². The van der Waals surface area contributed by atoms with E-state index in [0.29, 0.717) is 67.2 Å². The molecular weight excluding hydrogens is 531 g/mol. The van der Waals surface area contributed by atoms with Crippen LogP contribution in [0.2, 0.25) is 0 Å². The maximum atomic E-state index is 14.9. The summed E-state index contributed by atoms with van der Waals surface area (Å²) in [6, 6.07) is 10.2. The highest BCUT2D eigenvalue weighted by atomic mass is 19.1. The summed E-state index contributed by atoms with van der Waals surface area (Å²) < 4.78 is 27.3. The van der Waals surface area contributed by atoms with Crippen molar-refractivity contribution in [2.45, 2.75) is 0 Å². The number of carbonyl (C=O) groups excluding carboxylic acids is 1. The zero-order chi connectivity index (χ0) is 28.8. The molecule has 1 saturated heterocycles. The van der Waals surface area contributed by atoms with Crippen LogP contribution in [0.4, 0.5) is 22.0 Å². The van der Waals surface area contributed by atoms with Crippen molar-refractivity contribution >= 4 is 29.1 Å². The van der Waals surface area contributed by atoms with E-state index in [1.165, 1.54) is 10.6 Å². The molecule has 1 fully saturated rings. The Bertz CT molecular complexity index is 1450. The Balaban J connectivity index is 1.08. The number of aromatic nitrogens is 4. The molecule has 0 radical (unpaired) electrons. The van der Waals surface area contributed by atoms with Gasteiger partial charge in [-0.25, -0.2) is 4.39 Å². The van der Waals surface area contributed by atoms with Crippen molar-refractivity contribution in [1.29, 1.82) is 0 Å². The predicted molar refractivity (Wildman–Crippen MR) is 153 cm³/mol. The highest BCUT2D eigenvalue weighted by molar-refractivity contribution is 5.77. The lowest BCUT2D eigenvalue weighted by Gasteiger charge is -2.36. The molecule has 4 aromatic rings. The number of nitrogens with zero attached hydrogens (tertiary/aromatic N) is 7. The summed E-state index contributed by atoms with van der Waals surface area (Å²) in [5.74, 6) is 1.09. The van der Waals surface area contributed by atoms with Crippen LogP contribution in [0.1, 0.15) is 0 Å². The van der Waals surface area contributed by atoms with Gasteiger partial charge in [-0.15, -0.1) is 0 Å². The van der Waals surface area contributed by atoms with Gasteiger partial charge in [-0.3, -0.25) is 9.69 Å². The largest absolute Gasteiger partial charge is 0.484 e. The first-order valence-electron chi connectivity index (χ1n) is 13.5. The van der Waals surface area contributed by atoms with Crippen molar-refractivity contribution in [3.8, 4) is 17.2 Å². The lowest BCUT2D eigenvalue weighted by atomic mass is 10.2. The van der Waals surface area contributed by atoms with Gasteiger partial charge in [-0.1, -0.05) is 0 Å². The maximum Gasteiger partial charge on any atom is 0.260 e. The minimum absolute atomic E-state index is 0.133. The molecule has 1 aliphatic heterocycles. The smallest absolute Gasteiger partial charge is 0.260 e. The summed E-state index contributed by atoms with van der Waals surface area (Å²) in [5, 5.41) is 10.6. The summed E-state index contributed by atoms with van der Waals surface area (Å²) in [6.45, 7) is 5.46. The number of furan rings is 1. The van der Waals surface area contributed by atoms with Crippen LogP contribution in [0.3, 0.4) is 0 Å². The second-order valence-electron chi connectivity index (χ2n) is 9.76. The van der Waals surface area contributed by atoms with E-state index in [9.17, 15) is 9.18 Å². The molecule has 3 aromatic heterocycles. The Morgan fingerprint density at radius 2 is 2.00 bits per heavy atom. The fourth-order valence-corrected chi connectivity index (χ4v) is 4.56. The van der Waals surface area contributed by atoms with Gasteiger partial charge in [0.05, 0.1) is 12.0 Å². The highest BCUT2D eigenvalue weighted by Gasteiger charge is 2.20. The lowest BCUT2D eigenvalue weighted by molar-refractivity contribution is -0.132. The van der Waals surface area contributed by atoms with Crippen LogP contribution in [0, 0.1) is 5.82 Å². The molecule has 41 heavy (non-hydrogen) atoms. The van der Waals surface area contributed by atoms with Gasteiger partial charge in [-0.2, -0.15) is 19.6 Å². The van der Waals surface area contributed by atoms with Crippen molar-refractivity contribution in [2.24, 2.45) is 0 Å². The van der Waals surface area contributed by atoms with E-state index in [4.69, 9.17) is 14.9 Å². The lowest BCUT2D eigenvalue weighted by Crippen LogP contribution is -2.48. The molecule has 13 nitrogen and oxygen atoms in total. The average molecular weight is 567 g/mol. The van der Waals surface area contributed by atoms with Crippen molar-refractivity contribution in [1.82, 2.24) is 34.7 Å². The Morgan fingerprint density at radius 1 is 1.17 bits per heavy atom. The normalized spacial score (nSPS) is 14.0. The molecule has 5 rings (SSSR count). The van der Waals surface area contributed by atoms with Crippen molar-refractivity contribution < 1.29 is 18.3 Å². The molecule has 1 aliphatic rings. The Labute approximate surface area is 237 Å². The minimum atomic E-state index is -0.367. The second kappa shape index (κ2) is 12.8. The number of hydrogen-bond acceptors (Lipinski definition) is 11. The molecule has 4 N–H and O–H groups in total. The van der Waals surface area contributed by atoms with Crippen LogP contribution in [-0.4, -0.2) is 108 Å². The number of halogens is 1. The Hall–Kier alpha value is -4.43. The maximum absolute atomic E-state index is 14.9. The SMILES string of the molecule is CNCCN(C)C(=O)COc1ccc(N2CCN(CCNc3nc(N)n4nc(-c5ccco5)cc4n3)CC2)c(F)c1. The van der Waals surface area contributed by atoms with E-state index in [1.807, 2.05) is 18.0 Å². The number of carbonyl (C=O) groups is 1. The topological polar surface area (TPSA) is 142 Å². The fraction of sp³-hybridized carbons (Fsp3) is 0.407. The van der Waals surface area contributed by atoms with E-state index in [2.05, 4.69) is 30.6 Å². The standard InChI is InChI=1S/C27H35FN10O3/c1-30-7-9-35(2)25(39)18-41-19-5-6-22(20(28)16-19)37-13-11-36(12-14-37)10-8-31-27-32-24-17-21(23-4-3-15-40-23)34-38(24)26(29)33-27/h3-6,15-17,30H,7-14,18H2,1-2H3,(H3,29,31,32,33). The van der Waals surface area contributed by atoms with Crippen LogP contribution < -0.4 is 26.0 Å². The zero-order valence-electron chi connectivity index (χ0n) is 23.2. The van der Waals surface area contributed by atoms with Crippen LogP contribution in [0.15, 0.2) is 47.1 Å². The first-order valence-corrected chi connectivity index (χ1v) is 13.5. The molecule has 0 unspecified atom stereocenters. The molecule has 218 valence electrons. The summed E-state index contributed by atoms with van der Waals surface area (Å²) in [7, 11) is 3.54. The van der Waals surface area contributed by atoms with Crippen LogP contribution in [0.5, 0.6) is 5.75 Å². The number of amides is 1. The first kappa shape index (κ1) is 28.1. The van der Waals surface area contributed by atoms with Gasteiger partial charge in [0.1, 0.15) is 17.3 Å². The van der Waals surface area contributed by atoms with Gasteiger partial charge in [0.2, 0.25) is 11.9 Å². The number of nitrogen functional groups attached to an aromatic ring is 1. The predicted octanol–water partition coefficient (Wildman–Crippen LogP) is 1.40. The van der Waals surface area contributed by atoms with Crippen LogP contribution in [-0.2, 0) is 4.79 Å². The third kappa shape index (κ3) is 6.84. The second-order valence-corrected chi connectivity index (χ2v) is 9.76. The van der Waals surface area contributed by atoms with Crippen LogP contribution in [0.25, 0.3) is 17.1 Å². The number of benzene rings is 1. The fourth-order valence-electron chi connectivity index (χ4n) is 4.56. The van der Waals surface area contributed by atoms with Gasteiger partial charge in [0.25, 0.3) is 5.91 Å². The average Bonchev–Trinajstić information content (AvgIpc) is 3.66. The van der Waals surface area contributed by atoms with Crippen LogP contribution >= 0.6 is 0 Å². The van der Waals surface area contributed by atoms with Crippen molar-refractivity contribution in [3.05, 3.63) is 48.5 Å². The van der Waals surface area contributed by atoms with Gasteiger partial charge >= 0.3 is 0 Å². The molecule has 1 amide bonds. The quantitative estimate of drug-likeness (QED) is 0.229. The number of likely N-dealkylation sites (N-methyl/N-ethyl adjacent to an activating group) is 2. The summed E-state index contributed by atoms with van der Waals surface area (Å²) in [5.41, 5.74) is 7.82. The molecule has 14 heteroatoms. The molecule has 4 heterocycles. The molecule has 0 saturated carbocycles. The van der Waals surface area contributed by atoms with Gasteiger partial charge in [-0.05, 0) is 31.3 Å². The zero-order valence-corrected chi connectivity index (χ0v) is 23.2. The number of anilines is 3. The number of nitrogens with two attached hydrogens (primary N) is 1. The van der Waals surface area contributed by atoms with Crippen molar-refractivity contribution in [3.63, 3.8) is 0 Å². The molecular formula is C27H35FN10O3. The monoisotopic (exact) mass is 566 g/mol. The number of hydrogen-bond donors (Lipinski definition) is 3. The van der Waals surface area contributed by atoms with Gasteiger partial charge < -0.3 is 35.3 Å². The van der Waals surface area contributed by atoms with E-state index in [1.54, 1.807) is 42.5 Å². The third-order valence-electron chi connectivity index (χ3n) is 6.95. The summed E-state index contributed by atoms with van der Waals surface area (Å²) in [6.07, 6.45) is 1.59. The van der Waals surface area contributed by atoms with Gasteiger partial charge in [0.15, 0.2) is 18.0 Å². The number of piperazine rings is 1.